The standard InChI is InChI=1S/C22H26N2O5/c25-22(23-11-12-26-18-9-10-20-21(13-18)28-15-27-20)24-14-16-5-1-4-8-19(16)29-17-6-2-3-7-17/h1,4-5,8-10,13,17H,2-3,6-7,11-12,14-15H2,(H2,23,24,25). The Balaban J connectivity index is 1.18. The summed E-state index contributed by atoms with van der Waals surface area (Å²) in [5.41, 5.74) is 0.978. The van der Waals surface area contributed by atoms with Gasteiger partial charge in [-0.2, -0.15) is 0 Å². The molecule has 2 amide bonds. The summed E-state index contributed by atoms with van der Waals surface area (Å²) < 4.78 is 22.3. The van der Waals surface area contributed by atoms with Crippen LogP contribution in [0, 0.1) is 0 Å². The molecule has 154 valence electrons. The number of hydrogen-bond donors (Lipinski definition) is 2. The van der Waals surface area contributed by atoms with E-state index < -0.39 is 0 Å². The zero-order chi connectivity index (χ0) is 19.9. The van der Waals surface area contributed by atoms with E-state index in [2.05, 4.69) is 10.6 Å². The van der Waals surface area contributed by atoms with E-state index in [0.717, 1.165) is 24.2 Å². The minimum atomic E-state index is -0.241. The van der Waals surface area contributed by atoms with E-state index in [1.807, 2.05) is 36.4 Å². The number of rotatable bonds is 8. The molecule has 7 heteroatoms. The van der Waals surface area contributed by atoms with Crippen LogP contribution in [-0.4, -0.2) is 32.1 Å². The van der Waals surface area contributed by atoms with Crippen molar-refractivity contribution >= 4 is 6.03 Å². The monoisotopic (exact) mass is 398 g/mol. The Kier molecular flexibility index (Phi) is 6.24. The Labute approximate surface area is 170 Å². The lowest BCUT2D eigenvalue weighted by molar-refractivity contribution is 0.173. The van der Waals surface area contributed by atoms with Crippen molar-refractivity contribution < 1.29 is 23.7 Å². The summed E-state index contributed by atoms with van der Waals surface area (Å²) in [5.74, 6) is 2.92. The molecule has 0 unspecified atom stereocenters. The maximum atomic E-state index is 12.1. The Bertz CT molecular complexity index is 836. The van der Waals surface area contributed by atoms with E-state index in [1.54, 1.807) is 6.07 Å². The fourth-order valence-corrected chi connectivity index (χ4v) is 3.49. The van der Waals surface area contributed by atoms with Crippen LogP contribution >= 0.6 is 0 Å². The molecule has 2 aromatic rings. The molecule has 1 fully saturated rings. The number of amides is 2. The molecule has 1 aliphatic carbocycles. The topological polar surface area (TPSA) is 78.1 Å². The van der Waals surface area contributed by atoms with Crippen molar-refractivity contribution in [3.63, 3.8) is 0 Å². The minimum absolute atomic E-state index is 0.231. The first-order valence-corrected chi connectivity index (χ1v) is 10.1. The molecule has 0 atom stereocenters. The van der Waals surface area contributed by atoms with E-state index in [9.17, 15) is 4.79 Å². The second kappa shape index (κ2) is 9.41. The lowest BCUT2D eigenvalue weighted by atomic mass is 10.2. The van der Waals surface area contributed by atoms with Gasteiger partial charge in [0, 0.05) is 18.2 Å². The fraction of sp³-hybridized carbons (Fsp3) is 0.409. The second-order valence-electron chi connectivity index (χ2n) is 7.11. The third kappa shape index (κ3) is 5.25. The molecule has 1 heterocycles. The molecular formula is C22H26N2O5. The highest BCUT2D eigenvalue weighted by Crippen LogP contribution is 2.35. The number of carbonyl (C=O) groups is 1. The van der Waals surface area contributed by atoms with Crippen LogP contribution in [0.5, 0.6) is 23.0 Å². The molecular weight excluding hydrogens is 372 g/mol. The molecule has 0 radical (unpaired) electrons. The number of ether oxygens (including phenoxy) is 4. The SMILES string of the molecule is O=C(NCCOc1ccc2c(c1)OCO2)NCc1ccccc1OC1CCCC1. The van der Waals surface area contributed by atoms with Crippen LogP contribution in [0.4, 0.5) is 4.79 Å². The molecule has 1 saturated carbocycles. The average Bonchev–Trinajstić information content (AvgIpc) is 3.42. The van der Waals surface area contributed by atoms with Crippen molar-refractivity contribution in [3.05, 3.63) is 48.0 Å². The average molecular weight is 398 g/mol. The number of nitrogens with one attached hydrogen (secondary N) is 2. The predicted molar refractivity (Wildman–Crippen MR) is 108 cm³/mol. The van der Waals surface area contributed by atoms with Gasteiger partial charge in [0.05, 0.1) is 12.6 Å². The second-order valence-corrected chi connectivity index (χ2v) is 7.11. The highest BCUT2D eigenvalue weighted by Gasteiger charge is 2.18. The Morgan fingerprint density at radius 2 is 1.86 bits per heavy atom. The lowest BCUT2D eigenvalue weighted by Gasteiger charge is -2.17. The number of urea groups is 1. The highest BCUT2D eigenvalue weighted by atomic mass is 16.7. The van der Waals surface area contributed by atoms with Gasteiger partial charge < -0.3 is 29.6 Å². The quantitative estimate of drug-likeness (QED) is 0.664. The smallest absolute Gasteiger partial charge is 0.315 e. The van der Waals surface area contributed by atoms with E-state index in [0.29, 0.717) is 43.0 Å². The minimum Gasteiger partial charge on any atom is -0.492 e. The van der Waals surface area contributed by atoms with Crippen LogP contribution in [0.2, 0.25) is 0 Å². The molecule has 29 heavy (non-hydrogen) atoms. The van der Waals surface area contributed by atoms with Crippen molar-refractivity contribution in [1.29, 1.82) is 0 Å². The molecule has 4 rings (SSSR count). The van der Waals surface area contributed by atoms with Gasteiger partial charge in [-0.1, -0.05) is 18.2 Å². The van der Waals surface area contributed by atoms with Gasteiger partial charge in [-0.05, 0) is 43.9 Å². The molecule has 0 spiro atoms. The van der Waals surface area contributed by atoms with Gasteiger partial charge in [-0.3, -0.25) is 0 Å². The Morgan fingerprint density at radius 3 is 2.76 bits per heavy atom. The van der Waals surface area contributed by atoms with Crippen LogP contribution in [0.1, 0.15) is 31.2 Å². The van der Waals surface area contributed by atoms with Crippen molar-refractivity contribution in [2.24, 2.45) is 0 Å². The summed E-state index contributed by atoms with van der Waals surface area (Å²) in [7, 11) is 0. The summed E-state index contributed by atoms with van der Waals surface area (Å²) >= 11 is 0. The summed E-state index contributed by atoms with van der Waals surface area (Å²) in [6.45, 7) is 1.39. The largest absolute Gasteiger partial charge is 0.492 e. The van der Waals surface area contributed by atoms with Crippen LogP contribution < -0.4 is 29.6 Å². The molecule has 7 nitrogen and oxygen atoms in total. The van der Waals surface area contributed by atoms with Gasteiger partial charge in [0.1, 0.15) is 18.1 Å². The van der Waals surface area contributed by atoms with Gasteiger partial charge in [0.25, 0.3) is 0 Å². The van der Waals surface area contributed by atoms with E-state index in [1.165, 1.54) is 12.8 Å². The van der Waals surface area contributed by atoms with Crippen LogP contribution in [-0.2, 0) is 6.54 Å². The maximum Gasteiger partial charge on any atom is 0.315 e. The number of fused-ring (bicyclic) bond motifs is 1. The number of hydrogen-bond acceptors (Lipinski definition) is 5. The van der Waals surface area contributed by atoms with Gasteiger partial charge >= 0.3 is 6.03 Å². The summed E-state index contributed by atoms with van der Waals surface area (Å²) in [6.07, 6.45) is 4.94. The molecule has 1 aliphatic heterocycles. The summed E-state index contributed by atoms with van der Waals surface area (Å²) in [5, 5.41) is 5.67. The lowest BCUT2D eigenvalue weighted by Crippen LogP contribution is -2.37. The number of carbonyl (C=O) groups excluding carboxylic acids is 1. The van der Waals surface area contributed by atoms with Crippen LogP contribution in [0.25, 0.3) is 0 Å². The van der Waals surface area contributed by atoms with Gasteiger partial charge in [-0.25, -0.2) is 4.79 Å². The zero-order valence-corrected chi connectivity index (χ0v) is 16.3. The third-order valence-corrected chi connectivity index (χ3v) is 5.01. The molecule has 0 aromatic heterocycles. The molecule has 2 aromatic carbocycles. The fourth-order valence-electron chi connectivity index (χ4n) is 3.49. The highest BCUT2D eigenvalue weighted by molar-refractivity contribution is 5.73. The normalized spacial score (nSPS) is 15.2. The number of para-hydroxylation sites is 1. The van der Waals surface area contributed by atoms with E-state index in [4.69, 9.17) is 18.9 Å². The first-order valence-electron chi connectivity index (χ1n) is 10.1. The third-order valence-electron chi connectivity index (χ3n) is 5.01. The summed E-state index contributed by atoms with van der Waals surface area (Å²) in [6, 6.07) is 13.0. The predicted octanol–water partition coefficient (Wildman–Crippen LogP) is 3.61. The first-order chi connectivity index (χ1) is 14.3. The van der Waals surface area contributed by atoms with Crippen LogP contribution in [0.15, 0.2) is 42.5 Å². The van der Waals surface area contributed by atoms with Crippen molar-refractivity contribution in [3.8, 4) is 23.0 Å². The molecule has 2 N–H and O–H groups in total. The first kappa shape index (κ1) is 19.2. The van der Waals surface area contributed by atoms with E-state index in [-0.39, 0.29) is 12.8 Å². The Morgan fingerprint density at radius 1 is 1.03 bits per heavy atom. The molecule has 0 bridgehead atoms. The van der Waals surface area contributed by atoms with Gasteiger partial charge in [-0.15, -0.1) is 0 Å². The van der Waals surface area contributed by atoms with Crippen molar-refractivity contribution in [2.75, 3.05) is 19.9 Å². The van der Waals surface area contributed by atoms with Crippen molar-refractivity contribution in [2.45, 2.75) is 38.3 Å². The van der Waals surface area contributed by atoms with Gasteiger partial charge in [0.15, 0.2) is 11.5 Å². The zero-order valence-electron chi connectivity index (χ0n) is 16.3. The molecule has 0 saturated heterocycles. The number of benzene rings is 2. The van der Waals surface area contributed by atoms with Crippen LogP contribution in [0.3, 0.4) is 0 Å². The van der Waals surface area contributed by atoms with Crippen molar-refractivity contribution in [1.82, 2.24) is 10.6 Å². The molecule has 2 aliphatic rings. The maximum absolute atomic E-state index is 12.1. The summed E-state index contributed by atoms with van der Waals surface area (Å²) in [4.78, 5) is 12.1. The Hall–Kier alpha value is -3.09. The van der Waals surface area contributed by atoms with Gasteiger partial charge in [0.2, 0.25) is 6.79 Å². The van der Waals surface area contributed by atoms with E-state index >= 15 is 0 Å².